The predicted molar refractivity (Wildman–Crippen MR) is 331 cm³/mol. The summed E-state index contributed by atoms with van der Waals surface area (Å²) in [6.07, 6.45) is 45.4. The number of aliphatic hydroxyl groups is 1. The molecule has 0 heterocycles. The van der Waals surface area contributed by atoms with Crippen molar-refractivity contribution >= 4 is 39.5 Å². The molecular formula is C64H124O17P2. The highest BCUT2D eigenvalue weighted by Crippen LogP contribution is 2.45. The molecule has 3 N–H and O–H groups in total. The number of phosphoric ester groups is 2. The largest absolute Gasteiger partial charge is 0.472 e. The van der Waals surface area contributed by atoms with Crippen LogP contribution in [0.3, 0.4) is 0 Å². The van der Waals surface area contributed by atoms with Gasteiger partial charge in [0, 0.05) is 25.7 Å². The summed E-state index contributed by atoms with van der Waals surface area (Å²) in [5, 5.41) is 10.5. The average Bonchev–Trinajstić information content (AvgIpc) is 3.50. The van der Waals surface area contributed by atoms with E-state index in [9.17, 15) is 43.2 Å². The highest BCUT2D eigenvalue weighted by atomic mass is 31.2. The molecule has 5 atom stereocenters. The molecule has 0 bridgehead atoms. The second-order valence-electron chi connectivity index (χ2n) is 23.2. The molecular weight excluding hydrogens is 1100 g/mol. The van der Waals surface area contributed by atoms with E-state index in [1.54, 1.807) is 0 Å². The van der Waals surface area contributed by atoms with Gasteiger partial charge < -0.3 is 33.8 Å². The quantitative estimate of drug-likeness (QED) is 0.0222. The van der Waals surface area contributed by atoms with Crippen LogP contribution in [-0.2, 0) is 65.4 Å². The van der Waals surface area contributed by atoms with Gasteiger partial charge in [-0.05, 0) is 25.7 Å². The Kier molecular flexibility index (Phi) is 57.7. The number of aliphatic hydroxyl groups excluding tert-OH is 1. The van der Waals surface area contributed by atoms with E-state index >= 15 is 0 Å². The Labute approximate surface area is 505 Å². The fraction of sp³-hybridized carbons (Fsp3) is 0.938. The summed E-state index contributed by atoms with van der Waals surface area (Å²) in [6.45, 7) is 4.71. The molecule has 0 saturated carbocycles. The molecule has 0 fully saturated rings. The summed E-state index contributed by atoms with van der Waals surface area (Å²) in [5.74, 6) is -2.15. The lowest BCUT2D eigenvalue weighted by Gasteiger charge is -2.21. The summed E-state index contributed by atoms with van der Waals surface area (Å²) in [6, 6.07) is 0. The highest BCUT2D eigenvalue weighted by Gasteiger charge is 2.30. The topological polar surface area (TPSA) is 237 Å². The van der Waals surface area contributed by atoms with Gasteiger partial charge in [0.05, 0.1) is 26.4 Å². The van der Waals surface area contributed by atoms with Crippen molar-refractivity contribution in [3.63, 3.8) is 0 Å². The Hall–Kier alpha value is -1.94. The van der Waals surface area contributed by atoms with E-state index in [0.29, 0.717) is 25.7 Å². The van der Waals surface area contributed by atoms with Crippen molar-refractivity contribution < 1.29 is 80.2 Å². The molecule has 0 aromatic rings. The van der Waals surface area contributed by atoms with Crippen LogP contribution in [0.15, 0.2) is 0 Å². The van der Waals surface area contributed by atoms with Gasteiger partial charge in [0.2, 0.25) is 0 Å². The van der Waals surface area contributed by atoms with E-state index < -0.39 is 97.5 Å². The number of unbranched alkanes of at least 4 members (excludes halogenated alkanes) is 39. The maximum absolute atomic E-state index is 13.0. The summed E-state index contributed by atoms with van der Waals surface area (Å²) >= 11 is 0. The van der Waals surface area contributed by atoms with E-state index in [1.807, 2.05) is 0 Å². The molecule has 0 radical (unpaired) electrons. The van der Waals surface area contributed by atoms with E-state index in [2.05, 4.69) is 27.7 Å². The third-order valence-corrected chi connectivity index (χ3v) is 16.8. The number of carbonyl (C=O) groups is 4. The summed E-state index contributed by atoms with van der Waals surface area (Å²) in [7, 11) is -9.86. The first-order valence-corrected chi connectivity index (χ1v) is 36.8. The van der Waals surface area contributed by atoms with Crippen LogP contribution in [0, 0.1) is 0 Å². The number of esters is 4. The maximum Gasteiger partial charge on any atom is 0.472 e. The van der Waals surface area contributed by atoms with Gasteiger partial charge >= 0.3 is 39.5 Å². The normalized spacial score (nSPS) is 14.2. The number of ether oxygens (including phenoxy) is 4. The molecule has 0 spiro atoms. The first-order valence-electron chi connectivity index (χ1n) is 33.8. The van der Waals surface area contributed by atoms with Gasteiger partial charge in [-0.25, -0.2) is 9.13 Å². The fourth-order valence-electron chi connectivity index (χ4n) is 9.63. The van der Waals surface area contributed by atoms with Crippen LogP contribution in [0.2, 0.25) is 0 Å². The van der Waals surface area contributed by atoms with Crippen molar-refractivity contribution in [2.45, 2.75) is 348 Å². The first kappa shape index (κ1) is 81.1. The summed E-state index contributed by atoms with van der Waals surface area (Å²) < 4.78 is 67.6. The minimum Gasteiger partial charge on any atom is -0.462 e. The second kappa shape index (κ2) is 59.0. The Morgan fingerprint density at radius 1 is 0.289 bits per heavy atom. The van der Waals surface area contributed by atoms with Gasteiger partial charge in [0.15, 0.2) is 12.2 Å². The molecule has 0 aromatic heterocycles. The number of phosphoric acid groups is 2. The zero-order valence-corrected chi connectivity index (χ0v) is 54.9. The fourth-order valence-corrected chi connectivity index (χ4v) is 11.2. The number of rotatable bonds is 65. The Balaban J connectivity index is 5.07. The summed E-state index contributed by atoms with van der Waals surface area (Å²) in [4.78, 5) is 71.7. The summed E-state index contributed by atoms with van der Waals surface area (Å²) in [5.41, 5.74) is 0. The van der Waals surface area contributed by atoms with Crippen LogP contribution in [0.25, 0.3) is 0 Å². The van der Waals surface area contributed by atoms with Gasteiger partial charge in [-0.3, -0.25) is 37.3 Å². The van der Waals surface area contributed by atoms with Crippen molar-refractivity contribution in [2.75, 3.05) is 39.6 Å². The Morgan fingerprint density at radius 2 is 0.482 bits per heavy atom. The van der Waals surface area contributed by atoms with Crippen LogP contribution in [-0.4, -0.2) is 96.7 Å². The van der Waals surface area contributed by atoms with E-state index in [0.717, 1.165) is 96.3 Å². The van der Waals surface area contributed by atoms with Gasteiger partial charge in [0.25, 0.3) is 0 Å². The van der Waals surface area contributed by atoms with Gasteiger partial charge in [-0.2, -0.15) is 0 Å². The molecule has 0 saturated heterocycles. The Bertz CT molecular complexity index is 1600. The number of hydrogen-bond donors (Lipinski definition) is 3. The molecule has 0 aliphatic carbocycles. The zero-order valence-electron chi connectivity index (χ0n) is 53.2. The zero-order chi connectivity index (χ0) is 61.2. The van der Waals surface area contributed by atoms with Crippen molar-refractivity contribution in [2.24, 2.45) is 0 Å². The molecule has 0 aliphatic heterocycles. The molecule has 2 unspecified atom stereocenters. The highest BCUT2D eigenvalue weighted by molar-refractivity contribution is 7.47. The van der Waals surface area contributed by atoms with Crippen LogP contribution >= 0.6 is 15.6 Å². The molecule has 83 heavy (non-hydrogen) atoms. The van der Waals surface area contributed by atoms with E-state index in [1.165, 1.54) is 154 Å². The first-order chi connectivity index (χ1) is 40.2. The molecule has 17 nitrogen and oxygen atoms in total. The van der Waals surface area contributed by atoms with Crippen LogP contribution in [0.5, 0.6) is 0 Å². The lowest BCUT2D eigenvalue weighted by Crippen LogP contribution is -2.30. The van der Waals surface area contributed by atoms with E-state index in [4.69, 9.17) is 37.0 Å². The van der Waals surface area contributed by atoms with Gasteiger partial charge in [-0.15, -0.1) is 0 Å². The average molecular weight is 1230 g/mol. The van der Waals surface area contributed by atoms with Crippen LogP contribution in [0.1, 0.15) is 329 Å². The third kappa shape index (κ3) is 58.8. The standard InChI is InChI=1S/C64H124O17P2/c1-5-9-13-17-19-21-23-25-27-28-29-30-31-33-35-37-39-43-47-51-64(69)81-60(55-75-62(67)49-45-42-38-36-34-32-26-24-22-20-18-14-10-6-2)57-79-83(72,73)77-53-58(65)52-76-82(70,71)78-56-59(80-63(68)50-46-41-16-12-8-4)54-74-61(66)48-44-40-15-11-7-3/h58-60,65H,5-57H2,1-4H3,(H,70,71)(H,72,73)/t58-,59+,60+/m0/s1. The SMILES string of the molecule is CCCCCCCCCCCCCCCCCCCCCC(=O)O[C@H](COC(=O)CCCCCCCCCCCCCCCC)COP(=O)(O)OC[C@@H](O)COP(=O)(O)OC[C@@H](COC(=O)CCCCCCC)OC(=O)CCCCCCC. The molecule has 0 rings (SSSR count). The molecule has 492 valence electrons. The third-order valence-electron chi connectivity index (χ3n) is 14.9. The molecule has 19 heteroatoms. The Morgan fingerprint density at radius 3 is 0.711 bits per heavy atom. The number of hydrogen-bond acceptors (Lipinski definition) is 15. The maximum atomic E-state index is 13.0. The monoisotopic (exact) mass is 1230 g/mol. The minimum atomic E-state index is -4.94. The lowest BCUT2D eigenvalue weighted by molar-refractivity contribution is -0.161. The number of carbonyl (C=O) groups excluding carboxylic acids is 4. The molecule has 0 aliphatic rings. The van der Waals surface area contributed by atoms with Crippen molar-refractivity contribution in [3.8, 4) is 0 Å². The molecule has 0 amide bonds. The van der Waals surface area contributed by atoms with Gasteiger partial charge in [-0.1, -0.05) is 278 Å². The predicted octanol–water partition coefficient (Wildman–Crippen LogP) is 17.9. The molecule has 0 aromatic carbocycles. The van der Waals surface area contributed by atoms with Crippen molar-refractivity contribution in [3.05, 3.63) is 0 Å². The minimum absolute atomic E-state index is 0.0992. The van der Waals surface area contributed by atoms with Crippen LogP contribution in [0.4, 0.5) is 0 Å². The second-order valence-corrected chi connectivity index (χ2v) is 26.1. The van der Waals surface area contributed by atoms with Gasteiger partial charge in [0.1, 0.15) is 19.3 Å². The van der Waals surface area contributed by atoms with Crippen molar-refractivity contribution in [1.82, 2.24) is 0 Å². The van der Waals surface area contributed by atoms with Crippen LogP contribution < -0.4 is 0 Å². The smallest absolute Gasteiger partial charge is 0.462 e. The lowest BCUT2D eigenvalue weighted by atomic mass is 10.0. The van der Waals surface area contributed by atoms with Crippen molar-refractivity contribution in [1.29, 1.82) is 0 Å². The van der Waals surface area contributed by atoms with E-state index in [-0.39, 0.29) is 25.7 Å².